The molecule has 0 heterocycles. The molecule has 0 saturated heterocycles. The number of hydrogen-bond acceptors (Lipinski definition) is 0. The van der Waals surface area contributed by atoms with E-state index in [-0.39, 0.29) is 124 Å². The van der Waals surface area contributed by atoms with Crippen molar-refractivity contribution >= 4 is 0 Å². The van der Waals surface area contributed by atoms with E-state index in [9.17, 15) is 119 Å². The molecular weight excluding hydrogens is 1680 g/mol. The average Bonchev–Trinajstić information content (AvgIpc) is 0.762. The maximum Gasteiger partial charge on any atom is 0.394 e. The molecule has 6 atom stereocenters. The van der Waals surface area contributed by atoms with E-state index in [1.165, 1.54) is 82.1 Å². The van der Waals surface area contributed by atoms with Gasteiger partial charge in [0.2, 0.25) is 0 Å². The van der Waals surface area contributed by atoms with Gasteiger partial charge in [0, 0.05) is 0 Å². The maximum absolute atomic E-state index is 13.1. The molecule has 0 radical (unpaired) electrons. The monoisotopic (exact) mass is 1870 g/mol. The minimum absolute atomic E-state index is 0.0478. The van der Waals surface area contributed by atoms with Crippen molar-refractivity contribution < 1.29 is 119 Å². The molecule has 0 aromatic rings. The van der Waals surface area contributed by atoms with Crippen LogP contribution in [0.5, 0.6) is 0 Å². The predicted molar refractivity (Wildman–Crippen MR) is 471 cm³/mol. The quantitative estimate of drug-likeness (QED) is 0.0575. The predicted octanol–water partition coefficient (Wildman–Crippen LogP) is 42.2. The Morgan fingerprint density at radius 2 is 0.411 bits per heavy atom. The molecular formula is C97H187F27. The Morgan fingerprint density at radius 3 is 0.492 bits per heavy atom. The molecule has 27 heteroatoms. The van der Waals surface area contributed by atoms with Gasteiger partial charge >= 0.3 is 55.6 Å². The van der Waals surface area contributed by atoms with Crippen LogP contribution in [0.2, 0.25) is 0 Å². The van der Waals surface area contributed by atoms with E-state index in [0.29, 0.717) is 75.0 Å². The summed E-state index contributed by atoms with van der Waals surface area (Å²) >= 11 is 0. The lowest BCUT2D eigenvalue weighted by Crippen LogP contribution is -2.47. The molecule has 0 aromatic heterocycles. The zero-order valence-corrected chi connectivity index (χ0v) is 86.2. The molecule has 0 amide bonds. The molecule has 0 rings (SSSR count). The van der Waals surface area contributed by atoms with E-state index in [0.717, 1.165) is 0 Å². The Bertz CT molecular complexity index is 2530. The molecule has 0 aliphatic rings. The van der Waals surface area contributed by atoms with Gasteiger partial charge in [0.25, 0.3) is 0 Å². The summed E-state index contributed by atoms with van der Waals surface area (Å²) in [5.41, 5.74) is -13.3. The van der Waals surface area contributed by atoms with E-state index in [4.69, 9.17) is 0 Å². The fourth-order valence-corrected chi connectivity index (χ4v) is 17.2. The first kappa shape index (κ1) is 143. The molecule has 6 unspecified atom stereocenters. The van der Waals surface area contributed by atoms with Crippen molar-refractivity contribution in [1.29, 1.82) is 0 Å². The van der Waals surface area contributed by atoms with Crippen LogP contribution < -0.4 is 0 Å². The van der Waals surface area contributed by atoms with Crippen molar-refractivity contribution in [2.24, 2.45) is 118 Å². The van der Waals surface area contributed by atoms with Crippen LogP contribution in [0.15, 0.2) is 0 Å². The molecule has 0 N–H and O–H groups in total. The summed E-state index contributed by atoms with van der Waals surface area (Å²) in [4.78, 5) is 0. The summed E-state index contributed by atoms with van der Waals surface area (Å²) in [5.74, 6) is -1.30. The Kier molecular flexibility index (Phi) is 66.2. The van der Waals surface area contributed by atoms with Crippen LogP contribution in [-0.4, -0.2) is 55.6 Å². The zero-order chi connectivity index (χ0) is 103. The van der Waals surface area contributed by atoms with Gasteiger partial charge in [-0.25, -0.2) is 0 Å². The van der Waals surface area contributed by atoms with Gasteiger partial charge in [-0.2, -0.15) is 119 Å². The van der Waals surface area contributed by atoms with Crippen LogP contribution in [0.4, 0.5) is 119 Å². The summed E-state index contributed by atoms with van der Waals surface area (Å²) in [7, 11) is 0. The lowest BCUT2D eigenvalue weighted by molar-refractivity contribution is -0.259. The topological polar surface area (TPSA) is 0 Å². The second-order valence-corrected chi connectivity index (χ2v) is 40.4. The number of halogens is 27. The van der Waals surface area contributed by atoms with Crippen LogP contribution in [0.3, 0.4) is 0 Å². The summed E-state index contributed by atoms with van der Waals surface area (Å²) in [6.45, 7) is 76.4. The van der Waals surface area contributed by atoms with Crippen molar-refractivity contribution in [1.82, 2.24) is 0 Å². The van der Waals surface area contributed by atoms with Crippen LogP contribution in [0.25, 0.3) is 0 Å². The largest absolute Gasteiger partial charge is 0.394 e. The van der Waals surface area contributed by atoms with Gasteiger partial charge in [0.05, 0.1) is 48.7 Å². The fourth-order valence-electron chi connectivity index (χ4n) is 17.2. The average molecular weight is 1870 g/mol. The van der Waals surface area contributed by atoms with E-state index in [1.54, 1.807) is 90.0 Å². The summed E-state index contributed by atoms with van der Waals surface area (Å²) in [6, 6.07) is 0. The highest BCUT2D eigenvalue weighted by molar-refractivity contribution is 4.97. The molecule has 0 fully saturated rings. The second kappa shape index (κ2) is 57.6. The Morgan fingerprint density at radius 1 is 0.185 bits per heavy atom. The van der Waals surface area contributed by atoms with Gasteiger partial charge in [-0.1, -0.05) is 369 Å². The van der Waals surface area contributed by atoms with Gasteiger partial charge in [-0.05, 0) is 153 Å². The number of rotatable bonds is 33. The minimum Gasteiger partial charge on any atom is -0.171 e. The first-order valence-corrected chi connectivity index (χ1v) is 46.3. The molecule has 0 saturated carbocycles. The molecule has 124 heavy (non-hydrogen) atoms. The van der Waals surface area contributed by atoms with Crippen molar-refractivity contribution in [2.75, 3.05) is 0 Å². The third kappa shape index (κ3) is 42.6. The number of alkyl halides is 27. The smallest absolute Gasteiger partial charge is 0.171 e. The molecule has 764 valence electrons. The van der Waals surface area contributed by atoms with Crippen molar-refractivity contribution in [3.05, 3.63) is 0 Å². The Balaban J connectivity index is -0.000000146. The normalized spacial score (nSPS) is 16.4. The highest BCUT2D eigenvalue weighted by atomic mass is 19.4. The van der Waals surface area contributed by atoms with Crippen LogP contribution in [0, 0.1) is 118 Å². The van der Waals surface area contributed by atoms with Crippen molar-refractivity contribution in [2.45, 2.75) is 508 Å². The number of hydrogen-bond donors (Lipinski definition) is 0. The van der Waals surface area contributed by atoms with E-state index in [2.05, 4.69) is 41.5 Å². The molecule has 0 aromatic carbocycles. The third-order valence-electron chi connectivity index (χ3n) is 30.2. The lowest BCUT2D eigenvalue weighted by atomic mass is 9.60. The molecule has 0 aliphatic heterocycles. The lowest BCUT2D eigenvalue weighted by Gasteiger charge is -2.46. The van der Waals surface area contributed by atoms with Crippen LogP contribution in [-0.2, 0) is 0 Å². The van der Waals surface area contributed by atoms with Gasteiger partial charge in [-0.15, -0.1) is 0 Å². The summed E-state index contributed by atoms with van der Waals surface area (Å²) < 4.78 is 341. The Labute approximate surface area is 741 Å². The van der Waals surface area contributed by atoms with E-state index >= 15 is 0 Å². The molecule has 0 aliphatic carbocycles. The van der Waals surface area contributed by atoms with Gasteiger partial charge in [0.15, 0.2) is 0 Å². The first-order chi connectivity index (χ1) is 54.7. The van der Waals surface area contributed by atoms with E-state index < -0.39 is 110 Å². The van der Waals surface area contributed by atoms with Crippen LogP contribution in [0.1, 0.15) is 452 Å². The summed E-state index contributed by atoms with van der Waals surface area (Å²) in [5, 5.41) is 0. The van der Waals surface area contributed by atoms with E-state index in [1.807, 2.05) is 104 Å². The highest BCUT2D eigenvalue weighted by Crippen LogP contribution is 2.59. The highest BCUT2D eigenvalue weighted by Gasteiger charge is 2.61. The molecule has 0 bridgehead atoms. The maximum atomic E-state index is 13.1. The molecule has 0 nitrogen and oxygen atoms in total. The van der Waals surface area contributed by atoms with Crippen LogP contribution >= 0.6 is 0 Å². The third-order valence-corrected chi connectivity index (χ3v) is 30.2. The van der Waals surface area contributed by atoms with Gasteiger partial charge in [-0.3, -0.25) is 0 Å². The van der Waals surface area contributed by atoms with Gasteiger partial charge < -0.3 is 0 Å². The first-order valence-electron chi connectivity index (χ1n) is 46.3. The zero-order valence-electron chi connectivity index (χ0n) is 86.2. The summed E-state index contributed by atoms with van der Waals surface area (Å²) in [6.07, 6.45) is -26.2. The molecule has 0 spiro atoms. The van der Waals surface area contributed by atoms with Crippen molar-refractivity contribution in [3.63, 3.8) is 0 Å². The van der Waals surface area contributed by atoms with Crippen molar-refractivity contribution in [3.8, 4) is 0 Å². The minimum atomic E-state index is -4.12. The SMILES string of the molecule is CC(C)C(C(C)C)C(C)(C)C(F)(F)F.CCC(C)(C(C(C)C)C(C)C)C(F)(F)F.CCC(C)(C(C)C)C(F)(F)F.CCC(C)(CC)C(C)(C)C.CCC(C)(CC)C(C)(CC)C(F)(F)F.CCC(C)(CC)C(F)(F)F.CCC(CC)C(C)(CC)C(F)(F)F.CCCC(C)(C(CC)CC)C(F)(F)F.CCCC(C)(CC)C(F)(F)F.CCCC(C)(CCC)C(F)(F)F. The fraction of sp³-hybridized carbons (Fsp3) is 1.00. The Hall–Kier alpha value is -1.89. The second-order valence-electron chi connectivity index (χ2n) is 40.4. The standard InChI is InChI=1S/C12H23F3.3C11H21F3.C10H19F3.C10H22.C9H17F3.2C8H15F3.C7H13F3/c1-7-11(6,12(13,14)15)10(8(2)3)9(4)5;1-7(2)9(8(3)4)10(5,6)11(12,13)14;1-6-9(4,7-2)10(5,8-3)11(12,13)14;1-5-8-10(4,11(12,13)14)9(6-2)7-3;1-5-8(6-2)9(4,7-3)10(11,12)13;1-7-10(6,8-2)9(3,4)5;1-4-6-8(3,7-5-2)9(10,11)12;1-5-7(4,6(2)3)8(9,10)11;1-4-6-7(3,5-2)8(9,10)11;1-4-6(3,5-2)7(8,9)10/h8-10H,7H2,1-6H3;7-9H,1-6H3;6-8H2,1-5H3;9H,5-8H2,1-4H3;8H,5-7H2,1-4H3;7-8H2,1-6H3;4-7H2,1-3H3;6H,5H2,1-4H3;4-6H2,1-3H3;4-5H2,1-3H3. The van der Waals surface area contributed by atoms with Gasteiger partial charge in [0.1, 0.15) is 0 Å².